The van der Waals surface area contributed by atoms with Crippen LogP contribution in [0.15, 0.2) is 54.6 Å². The number of amides is 1. The number of carbonyl (C=O) groups is 1. The molecule has 0 aliphatic heterocycles. The van der Waals surface area contributed by atoms with Crippen LogP contribution in [0.4, 0.5) is 0 Å². The summed E-state index contributed by atoms with van der Waals surface area (Å²) in [4.78, 5) is 16.4. The quantitative estimate of drug-likeness (QED) is 0.771. The van der Waals surface area contributed by atoms with E-state index in [-0.39, 0.29) is 0 Å². The van der Waals surface area contributed by atoms with Gasteiger partial charge in [-0.25, -0.2) is 4.98 Å². The van der Waals surface area contributed by atoms with E-state index in [1.807, 2.05) is 48.5 Å². The molecule has 0 aliphatic carbocycles. The van der Waals surface area contributed by atoms with Crippen LogP contribution in [0.25, 0.3) is 22.2 Å². The Labute approximate surface area is 141 Å². The van der Waals surface area contributed by atoms with Crippen molar-refractivity contribution in [2.24, 2.45) is 11.7 Å². The molecule has 0 bridgehead atoms. The summed E-state index contributed by atoms with van der Waals surface area (Å²) in [5, 5.41) is 0.769. The highest BCUT2D eigenvalue weighted by atomic mass is 16.5. The molecule has 0 unspecified atom stereocenters. The highest BCUT2D eigenvalue weighted by molar-refractivity contribution is 6.06. The monoisotopic (exact) mass is 320 g/mol. The molecule has 0 saturated carbocycles. The van der Waals surface area contributed by atoms with E-state index in [1.165, 1.54) is 0 Å². The molecule has 2 aromatic carbocycles. The average molecular weight is 320 g/mol. The Hall–Kier alpha value is -2.88. The second kappa shape index (κ2) is 6.71. The summed E-state index contributed by atoms with van der Waals surface area (Å²) < 4.78 is 5.70. The number of para-hydroxylation sites is 1. The van der Waals surface area contributed by atoms with Gasteiger partial charge in [0.2, 0.25) is 5.91 Å². The maximum Gasteiger partial charge on any atom is 0.249 e. The van der Waals surface area contributed by atoms with Gasteiger partial charge in [0.25, 0.3) is 0 Å². The first-order valence-corrected chi connectivity index (χ1v) is 7.97. The molecule has 0 aliphatic rings. The lowest BCUT2D eigenvalue weighted by Crippen LogP contribution is -2.12. The van der Waals surface area contributed by atoms with Crippen LogP contribution < -0.4 is 10.5 Å². The second-order valence-corrected chi connectivity index (χ2v) is 6.17. The number of rotatable bonds is 5. The largest absolute Gasteiger partial charge is 0.493 e. The van der Waals surface area contributed by atoms with Crippen molar-refractivity contribution in [2.75, 3.05) is 6.61 Å². The molecule has 4 heteroatoms. The smallest absolute Gasteiger partial charge is 0.249 e. The van der Waals surface area contributed by atoms with Crippen molar-refractivity contribution < 1.29 is 9.53 Å². The molecule has 3 rings (SSSR count). The predicted molar refractivity (Wildman–Crippen MR) is 96.0 cm³/mol. The molecular formula is C20H20N2O2. The lowest BCUT2D eigenvalue weighted by Gasteiger charge is -2.10. The number of primary amides is 1. The molecule has 0 atom stereocenters. The zero-order chi connectivity index (χ0) is 17.1. The number of nitrogens with two attached hydrogens (primary N) is 1. The van der Waals surface area contributed by atoms with Gasteiger partial charge in [0.05, 0.1) is 23.4 Å². The number of aromatic nitrogens is 1. The number of fused-ring (bicyclic) bond motifs is 1. The lowest BCUT2D eigenvalue weighted by molar-refractivity contribution is 0.100. The topological polar surface area (TPSA) is 65.2 Å². The lowest BCUT2D eigenvalue weighted by atomic mass is 10.0. The summed E-state index contributed by atoms with van der Waals surface area (Å²) in [7, 11) is 0. The van der Waals surface area contributed by atoms with Gasteiger partial charge in [-0.1, -0.05) is 32.0 Å². The average Bonchev–Trinajstić information content (AvgIpc) is 2.59. The zero-order valence-corrected chi connectivity index (χ0v) is 13.8. The van der Waals surface area contributed by atoms with Crippen LogP contribution in [-0.2, 0) is 0 Å². The molecule has 4 nitrogen and oxygen atoms in total. The van der Waals surface area contributed by atoms with Crippen molar-refractivity contribution in [3.05, 3.63) is 60.2 Å². The van der Waals surface area contributed by atoms with Gasteiger partial charge in [-0.3, -0.25) is 4.79 Å². The number of hydrogen-bond acceptors (Lipinski definition) is 3. The fourth-order valence-corrected chi connectivity index (χ4v) is 2.51. The van der Waals surface area contributed by atoms with E-state index in [9.17, 15) is 4.79 Å². The fourth-order valence-electron chi connectivity index (χ4n) is 2.51. The minimum atomic E-state index is -0.452. The molecule has 1 heterocycles. The number of carbonyl (C=O) groups excluding carboxylic acids is 1. The van der Waals surface area contributed by atoms with Crippen LogP contribution in [0.3, 0.4) is 0 Å². The number of pyridine rings is 1. The van der Waals surface area contributed by atoms with Crippen molar-refractivity contribution in [1.29, 1.82) is 0 Å². The molecule has 0 spiro atoms. The summed E-state index contributed by atoms with van der Waals surface area (Å²) in [6.07, 6.45) is 0. The number of hydrogen-bond donors (Lipinski definition) is 1. The molecular weight excluding hydrogens is 300 g/mol. The van der Waals surface area contributed by atoms with Crippen LogP contribution in [0.1, 0.15) is 24.2 Å². The van der Waals surface area contributed by atoms with E-state index < -0.39 is 5.91 Å². The summed E-state index contributed by atoms with van der Waals surface area (Å²) in [5.41, 5.74) is 8.40. The zero-order valence-electron chi connectivity index (χ0n) is 13.8. The van der Waals surface area contributed by atoms with Crippen molar-refractivity contribution >= 4 is 16.8 Å². The summed E-state index contributed by atoms with van der Waals surface area (Å²) in [6, 6.07) is 17.0. The predicted octanol–water partition coefficient (Wildman–Crippen LogP) is 4.04. The van der Waals surface area contributed by atoms with E-state index in [1.54, 1.807) is 6.07 Å². The molecule has 2 N–H and O–H groups in total. The third-order valence-electron chi connectivity index (χ3n) is 3.72. The molecule has 3 aromatic rings. The van der Waals surface area contributed by atoms with Crippen LogP contribution >= 0.6 is 0 Å². The molecule has 0 saturated heterocycles. The molecule has 1 aromatic heterocycles. The standard InChI is InChI=1S/C20H20N2O2/c1-13(2)12-24-15-9-7-14(8-10-15)19-11-17(20(21)23)16-5-3-4-6-18(16)22-19/h3-11,13H,12H2,1-2H3,(H2,21,23). The molecule has 0 radical (unpaired) electrons. The van der Waals surface area contributed by atoms with E-state index >= 15 is 0 Å². The van der Waals surface area contributed by atoms with Crippen molar-refractivity contribution in [3.63, 3.8) is 0 Å². The molecule has 0 fully saturated rings. The Morgan fingerprint density at radius 3 is 2.50 bits per heavy atom. The van der Waals surface area contributed by atoms with Gasteiger partial charge in [-0.05, 0) is 42.3 Å². The Balaban J connectivity index is 1.98. The van der Waals surface area contributed by atoms with Crippen molar-refractivity contribution in [2.45, 2.75) is 13.8 Å². The molecule has 24 heavy (non-hydrogen) atoms. The third-order valence-corrected chi connectivity index (χ3v) is 3.72. The first-order chi connectivity index (χ1) is 11.5. The molecule has 1 amide bonds. The minimum absolute atomic E-state index is 0.452. The van der Waals surface area contributed by atoms with Crippen LogP contribution in [0, 0.1) is 5.92 Å². The van der Waals surface area contributed by atoms with Crippen molar-refractivity contribution in [3.8, 4) is 17.0 Å². The van der Waals surface area contributed by atoms with Crippen molar-refractivity contribution in [1.82, 2.24) is 4.98 Å². The minimum Gasteiger partial charge on any atom is -0.493 e. The Kier molecular flexibility index (Phi) is 4.47. The van der Waals surface area contributed by atoms with Crippen LogP contribution in [-0.4, -0.2) is 17.5 Å². The second-order valence-electron chi connectivity index (χ2n) is 6.17. The highest BCUT2D eigenvalue weighted by Crippen LogP contribution is 2.26. The van der Waals surface area contributed by atoms with Gasteiger partial charge < -0.3 is 10.5 Å². The van der Waals surface area contributed by atoms with Crippen LogP contribution in [0.2, 0.25) is 0 Å². The summed E-state index contributed by atoms with van der Waals surface area (Å²) in [6.45, 7) is 4.90. The van der Waals surface area contributed by atoms with Gasteiger partial charge >= 0.3 is 0 Å². The number of benzene rings is 2. The maximum absolute atomic E-state index is 11.8. The number of nitrogens with zero attached hydrogens (tertiary/aromatic N) is 1. The van der Waals surface area contributed by atoms with E-state index in [0.717, 1.165) is 27.9 Å². The Morgan fingerprint density at radius 2 is 1.83 bits per heavy atom. The summed E-state index contributed by atoms with van der Waals surface area (Å²) in [5.74, 6) is 0.847. The SMILES string of the molecule is CC(C)COc1ccc(-c2cc(C(N)=O)c3ccccc3n2)cc1. The fraction of sp³-hybridized carbons (Fsp3) is 0.200. The van der Waals surface area contributed by atoms with Gasteiger partial charge in [0.15, 0.2) is 0 Å². The summed E-state index contributed by atoms with van der Waals surface area (Å²) >= 11 is 0. The van der Waals surface area contributed by atoms with Gasteiger partial charge in [-0.15, -0.1) is 0 Å². The van der Waals surface area contributed by atoms with Crippen LogP contribution in [0.5, 0.6) is 5.75 Å². The number of ether oxygens (including phenoxy) is 1. The highest BCUT2D eigenvalue weighted by Gasteiger charge is 2.11. The first kappa shape index (κ1) is 16.0. The third kappa shape index (κ3) is 3.38. The van der Waals surface area contributed by atoms with Gasteiger partial charge in [0.1, 0.15) is 5.75 Å². The van der Waals surface area contributed by atoms with E-state index in [4.69, 9.17) is 10.5 Å². The normalized spacial score (nSPS) is 11.0. The maximum atomic E-state index is 11.8. The van der Waals surface area contributed by atoms with E-state index in [0.29, 0.717) is 18.1 Å². The van der Waals surface area contributed by atoms with Gasteiger partial charge in [0, 0.05) is 10.9 Å². The molecule has 122 valence electrons. The Morgan fingerprint density at radius 1 is 1.12 bits per heavy atom. The van der Waals surface area contributed by atoms with Gasteiger partial charge in [-0.2, -0.15) is 0 Å². The van der Waals surface area contributed by atoms with E-state index in [2.05, 4.69) is 18.8 Å². The first-order valence-electron chi connectivity index (χ1n) is 7.97. The Bertz CT molecular complexity index is 870.